The number of carbonyl (C=O) groups excluding carboxylic acids is 12. The van der Waals surface area contributed by atoms with Crippen molar-refractivity contribution in [2.75, 3.05) is 88.6 Å². The van der Waals surface area contributed by atoms with Crippen LogP contribution in [0.15, 0.2) is 72.8 Å². The molecule has 0 aliphatic carbocycles. The highest BCUT2D eigenvalue weighted by atomic mass is 35.5. The van der Waals surface area contributed by atoms with E-state index in [-0.39, 0.29) is 50.1 Å². The van der Waals surface area contributed by atoms with E-state index in [0.29, 0.717) is 60.6 Å². The number of nitrogens with one attached hydrogen (secondary N) is 3. The van der Waals surface area contributed by atoms with Crippen molar-refractivity contribution in [3.63, 3.8) is 0 Å². The Kier molecular flexibility index (Phi) is 28.3. The van der Waals surface area contributed by atoms with Crippen molar-refractivity contribution in [1.82, 2.24) is 60.0 Å². The van der Waals surface area contributed by atoms with E-state index in [1.807, 2.05) is 13.8 Å². The standard InChI is InChI=1S/C70H95ClF4N12O12/c1-13-43(4)61-69(99)81(8)40-59(90)79(6)41-60(91)83(10)55(36-46-23-28-49(71)29-24-46)66(96)80(7)39-57(88)76-51(30-26-47-25-27-48(37-50(47)72)70(73,74)75)65(95)87-33-19-22-53(87)67(97)85(12)56(35-45-20-15-14-16-21-45)68(98)84(11)54(34-42(2)3)63(93)77-52(64(94)86-31-17-18-32-86)38-58(89)82(9)44(5)62(92)78-61/h14-16,20-21,23-25,27-29,37,42-44,51-56,61H,13,17-19,22,26,30-36,38-41H2,1-12H3,(H,76,88)(H,77,93)(H,78,92)/t43-,44-,51+,52-,53-,54+,55-,56-,61-/m0/s1. The monoisotopic (exact) mass is 1410 g/mol. The van der Waals surface area contributed by atoms with Crippen LogP contribution < -0.4 is 16.0 Å². The van der Waals surface area contributed by atoms with Crippen LogP contribution in [-0.2, 0) is 83.0 Å². The van der Waals surface area contributed by atoms with Gasteiger partial charge in [-0.3, -0.25) is 57.5 Å². The molecule has 0 unspecified atom stereocenters. The van der Waals surface area contributed by atoms with Gasteiger partial charge in [-0.05, 0) is 105 Å². The molecule has 3 aliphatic rings. The Bertz CT molecular complexity index is 3420. The first kappa shape index (κ1) is 79.3. The van der Waals surface area contributed by atoms with Crippen LogP contribution >= 0.6 is 11.6 Å². The maximum atomic E-state index is 15.6. The van der Waals surface area contributed by atoms with Gasteiger partial charge in [0.2, 0.25) is 70.9 Å². The average molecular weight is 1410 g/mol. The fraction of sp³-hybridized carbons (Fsp3) is 0.571. The zero-order chi connectivity index (χ0) is 73.5. The van der Waals surface area contributed by atoms with Crippen LogP contribution in [0.5, 0.6) is 0 Å². The summed E-state index contributed by atoms with van der Waals surface area (Å²) < 4.78 is 56.7. The second-order valence-corrected chi connectivity index (χ2v) is 27.2. The lowest BCUT2D eigenvalue weighted by atomic mass is 9.97. The van der Waals surface area contributed by atoms with E-state index < -0.39 is 182 Å². The Balaban J connectivity index is 1.43. The number of aryl methyl sites for hydroxylation is 1. The molecule has 9 atom stereocenters. The number of hydrogen-bond acceptors (Lipinski definition) is 12. The summed E-state index contributed by atoms with van der Waals surface area (Å²) >= 11 is 6.21. The van der Waals surface area contributed by atoms with Crippen LogP contribution in [0.3, 0.4) is 0 Å². The number of likely N-dealkylation sites (tertiary alicyclic amines) is 1. The summed E-state index contributed by atoms with van der Waals surface area (Å²) in [5.74, 6) is -11.2. The molecule has 3 aromatic rings. The SMILES string of the molecule is CC[C@H](C)[C@@H]1NC(=O)[C@H](C)N(C)C(=O)C[C@@H](C(=O)N2CCCC2)NC(=O)[C@@H](CC(C)C)N(C)C(=O)[C@H](Cc2ccccc2)N(C)C(=O)[C@@H]2CCCN2C(=O)[C@@H](CCc2ccc(C(F)(F)F)cc2F)NC(=O)CN(C)C(=O)[C@H](Cc2ccc(Cl)cc2)N(C)C(=O)CN(C)C(=O)CN(C)C1=O. The molecule has 3 saturated heterocycles. The first-order valence-corrected chi connectivity index (χ1v) is 33.8. The Morgan fingerprint density at radius 1 is 0.606 bits per heavy atom. The Labute approximate surface area is 581 Å². The predicted octanol–water partition coefficient (Wildman–Crippen LogP) is 4.18. The summed E-state index contributed by atoms with van der Waals surface area (Å²) in [7, 11) is 9.29. The van der Waals surface area contributed by atoms with Crippen LogP contribution in [0, 0.1) is 17.7 Å². The van der Waals surface area contributed by atoms with Crippen LogP contribution in [-0.4, -0.2) is 252 Å². The van der Waals surface area contributed by atoms with Gasteiger partial charge >= 0.3 is 6.18 Å². The van der Waals surface area contributed by atoms with Crippen molar-refractivity contribution in [2.45, 2.75) is 160 Å². The minimum Gasteiger partial charge on any atom is -0.343 e. The van der Waals surface area contributed by atoms with Gasteiger partial charge in [0.25, 0.3) is 0 Å². The van der Waals surface area contributed by atoms with Crippen LogP contribution in [0.4, 0.5) is 17.6 Å². The second-order valence-electron chi connectivity index (χ2n) is 26.7. The Hall–Kier alpha value is -8.69. The summed E-state index contributed by atoms with van der Waals surface area (Å²) in [5, 5.41) is 8.52. The van der Waals surface area contributed by atoms with E-state index in [0.717, 1.165) is 30.6 Å². The molecule has 24 nitrogen and oxygen atoms in total. The number of hydrogen-bond donors (Lipinski definition) is 3. The number of rotatable bonds is 12. The van der Waals surface area contributed by atoms with Crippen molar-refractivity contribution in [1.29, 1.82) is 0 Å². The maximum absolute atomic E-state index is 15.6. The van der Waals surface area contributed by atoms with Gasteiger partial charge in [0.05, 0.1) is 31.6 Å². The molecule has 99 heavy (non-hydrogen) atoms. The summed E-state index contributed by atoms with van der Waals surface area (Å²) in [5.41, 5.74) is -0.392. The molecule has 0 aromatic heterocycles. The van der Waals surface area contributed by atoms with Gasteiger partial charge in [0.1, 0.15) is 54.2 Å². The largest absolute Gasteiger partial charge is 0.416 e. The average Bonchev–Trinajstić information content (AvgIpc) is 1.79. The molecule has 542 valence electrons. The molecule has 6 rings (SSSR count). The van der Waals surface area contributed by atoms with Crippen molar-refractivity contribution in [2.24, 2.45) is 11.8 Å². The normalized spacial score (nSPS) is 24.2. The predicted molar refractivity (Wildman–Crippen MR) is 360 cm³/mol. The van der Waals surface area contributed by atoms with Gasteiger partial charge in [0, 0.05) is 86.8 Å². The zero-order valence-electron chi connectivity index (χ0n) is 58.5. The van der Waals surface area contributed by atoms with Gasteiger partial charge in [0.15, 0.2) is 0 Å². The lowest BCUT2D eigenvalue weighted by Gasteiger charge is -2.38. The van der Waals surface area contributed by atoms with Crippen LogP contribution in [0.25, 0.3) is 0 Å². The van der Waals surface area contributed by atoms with E-state index in [4.69, 9.17) is 11.6 Å². The fourth-order valence-corrected chi connectivity index (χ4v) is 12.5. The number of benzene rings is 3. The van der Waals surface area contributed by atoms with Gasteiger partial charge in [-0.15, -0.1) is 0 Å². The Morgan fingerprint density at radius 2 is 1.19 bits per heavy atom. The lowest BCUT2D eigenvalue weighted by Crippen LogP contribution is -2.60. The topological polar surface area (TPSA) is 270 Å². The molecule has 3 aliphatic heterocycles. The minimum atomic E-state index is -4.89. The van der Waals surface area contributed by atoms with Gasteiger partial charge < -0.3 is 60.0 Å². The molecular weight excluding hydrogens is 1310 g/mol. The van der Waals surface area contributed by atoms with Crippen LogP contribution in [0.1, 0.15) is 108 Å². The highest BCUT2D eigenvalue weighted by Crippen LogP contribution is 2.31. The van der Waals surface area contributed by atoms with E-state index in [1.165, 1.54) is 75.9 Å². The Morgan fingerprint density at radius 3 is 1.79 bits per heavy atom. The highest BCUT2D eigenvalue weighted by Gasteiger charge is 2.45. The van der Waals surface area contributed by atoms with Gasteiger partial charge in [-0.2, -0.15) is 13.2 Å². The quantitative estimate of drug-likeness (QED) is 0.216. The first-order valence-electron chi connectivity index (χ1n) is 33.5. The molecule has 29 heteroatoms. The molecule has 3 fully saturated rings. The van der Waals surface area contributed by atoms with E-state index in [1.54, 1.807) is 68.4 Å². The number of carbonyl (C=O) groups is 12. The summed E-state index contributed by atoms with van der Waals surface area (Å²) in [6.45, 7) is 7.13. The van der Waals surface area contributed by atoms with E-state index in [9.17, 15) is 51.5 Å². The summed E-state index contributed by atoms with van der Waals surface area (Å²) in [4.78, 5) is 186. The molecule has 3 N–H and O–H groups in total. The third-order valence-corrected chi connectivity index (χ3v) is 19.3. The number of alkyl halides is 3. The van der Waals surface area contributed by atoms with Crippen molar-refractivity contribution in [3.05, 3.63) is 106 Å². The van der Waals surface area contributed by atoms with Crippen molar-refractivity contribution < 1.29 is 75.1 Å². The van der Waals surface area contributed by atoms with Gasteiger partial charge in [-0.25, -0.2) is 4.39 Å². The third-order valence-electron chi connectivity index (χ3n) is 19.1. The number of nitrogens with zero attached hydrogens (tertiary/aromatic N) is 9. The van der Waals surface area contributed by atoms with E-state index >= 15 is 23.6 Å². The lowest BCUT2D eigenvalue weighted by molar-refractivity contribution is -0.152. The molecule has 3 heterocycles. The smallest absolute Gasteiger partial charge is 0.343 e. The van der Waals surface area contributed by atoms with Crippen molar-refractivity contribution >= 4 is 82.5 Å². The number of likely N-dealkylation sites (N-methyl/N-ethyl adjacent to an activating group) is 7. The maximum Gasteiger partial charge on any atom is 0.416 e. The first-order chi connectivity index (χ1) is 46.5. The summed E-state index contributed by atoms with van der Waals surface area (Å²) in [6, 6.07) is 5.90. The van der Waals surface area contributed by atoms with Crippen molar-refractivity contribution in [3.8, 4) is 0 Å². The van der Waals surface area contributed by atoms with E-state index in [2.05, 4.69) is 16.0 Å². The number of amides is 12. The molecule has 0 radical (unpaired) electrons. The van der Waals surface area contributed by atoms with Gasteiger partial charge in [-0.1, -0.05) is 94.2 Å². The number of fused-ring (bicyclic) bond motifs is 1. The fourth-order valence-electron chi connectivity index (χ4n) is 12.4. The third kappa shape index (κ3) is 20.9. The minimum absolute atomic E-state index is 0.0225. The molecule has 12 amide bonds. The molecular formula is C70H95ClF4N12O12. The van der Waals surface area contributed by atoms with Crippen LogP contribution in [0.2, 0.25) is 5.02 Å². The molecule has 0 bridgehead atoms. The second kappa shape index (κ2) is 35.4. The molecule has 0 saturated carbocycles. The summed E-state index contributed by atoms with van der Waals surface area (Å²) in [6.07, 6.45) is -4.66. The molecule has 0 spiro atoms. The highest BCUT2D eigenvalue weighted by molar-refractivity contribution is 6.30. The zero-order valence-corrected chi connectivity index (χ0v) is 59.3. The number of halogens is 5. The molecule has 3 aromatic carbocycles.